The lowest BCUT2D eigenvalue weighted by molar-refractivity contribution is 0.0690. The van der Waals surface area contributed by atoms with E-state index in [1.807, 2.05) is 0 Å². The average Bonchev–Trinajstić information content (AvgIpc) is 2.69. The largest absolute Gasteiger partial charge is 0.477 e. The van der Waals surface area contributed by atoms with E-state index in [0.29, 0.717) is 17.2 Å². The Morgan fingerprint density at radius 2 is 2.27 bits per heavy atom. The molecule has 0 spiro atoms. The van der Waals surface area contributed by atoms with E-state index >= 15 is 0 Å². The summed E-state index contributed by atoms with van der Waals surface area (Å²) in [5, 5.41) is 10.6. The first-order chi connectivity index (χ1) is 7.16. The normalized spacial score (nSPS) is 10.2. The molecule has 2 aromatic heterocycles. The SMILES string of the molecule is Cc1cc(C(=O)O)nc(-c2cscn2)n1. The third-order valence-corrected chi connectivity index (χ3v) is 2.32. The quantitative estimate of drug-likeness (QED) is 0.833. The van der Waals surface area contributed by atoms with Crippen LogP contribution < -0.4 is 0 Å². The molecular weight excluding hydrogens is 214 g/mol. The molecule has 0 amide bonds. The van der Waals surface area contributed by atoms with Gasteiger partial charge in [-0.3, -0.25) is 0 Å². The summed E-state index contributed by atoms with van der Waals surface area (Å²) in [5.41, 5.74) is 2.86. The van der Waals surface area contributed by atoms with Crippen LogP contribution in [-0.2, 0) is 0 Å². The summed E-state index contributed by atoms with van der Waals surface area (Å²) >= 11 is 1.42. The fourth-order valence-corrected chi connectivity index (χ4v) is 1.65. The van der Waals surface area contributed by atoms with Crippen LogP contribution in [0.3, 0.4) is 0 Å². The smallest absolute Gasteiger partial charge is 0.354 e. The molecule has 0 aliphatic heterocycles. The first-order valence-corrected chi connectivity index (χ1v) is 5.08. The highest BCUT2D eigenvalue weighted by Gasteiger charge is 2.10. The first-order valence-electron chi connectivity index (χ1n) is 4.14. The minimum Gasteiger partial charge on any atom is -0.477 e. The van der Waals surface area contributed by atoms with Crippen molar-refractivity contribution in [1.29, 1.82) is 0 Å². The maximum atomic E-state index is 10.8. The number of hydrogen-bond donors (Lipinski definition) is 1. The molecule has 0 atom stereocenters. The first kappa shape index (κ1) is 9.72. The van der Waals surface area contributed by atoms with Crippen LogP contribution >= 0.6 is 11.3 Å². The number of nitrogens with zero attached hydrogens (tertiary/aromatic N) is 3. The molecule has 0 aliphatic rings. The molecule has 1 N–H and O–H groups in total. The number of aromatic nitrogens is 3. The number of aromatic carboxylic acids is 1. The van der Waals surface area contributed by atoms with Crippen molar-refractivity contribution >= 4 is 17.3 Å². The molecule has 76 valence electrons. The summed E-state index contributed by atoms with van der Waals surface area (Å²) in [6.07, 6.45) is 0. The van der Waals surface area contributed by atoms with Gasteiger partial charge >= 0.3 is 5.97 Å². The number of carboxylic acid groups (broad SMARTS) is 1. The van der Waals surface area contributed by atoms with Gasteiger partial charge in [-0.2, -0.15) is 0 Å². The maximum Gasteiger partial charge on any atom is 0.354 e. The lowest BCUT2D eigenvalue weighted by Crippen LogP contribution is -2.04. The van der Waals surface area contributed by atoms with Crippen molar-refractivity contribution in [2.45, 2.75) is 6.92 Å². The van der Waals surface area contributed by atoms with E-state index in [9.17, 15) is 4.79 Å². The van der Waals surface area contributed by atoms with E-state index in [4.69, 9.17) is 5.11 Å². The predicted octanol–water partition coefficient (Wildman–Crippen LogP) is 1.61. The van der Waals surface area contributed by atoms with E-state index in [1.54, 1.807) is 17.8 Å². The Kier molecular flexibility index (Phi) is 2.42. The van der Waals surface area contributed by atoms with Crippen molar-refractivity contribution in [2.24, 2.45) is 0 Å². The van der Waals surface area contributed by atoms with Crippen LogP contribution in [0.25, 0.3) is 11.5 Å². The standard InChI is InChI=1S/C9H7N3O2S/c1-5-2-6(9(13)14)12-8(11-5)7-3-15-4-10-7/h2-4H,1H3,(H,13,14). The number of rotatable bonds is 2. The van der Waals surface area contributed by atoms with Crippen LogP contribution in [0.5, 0.6) is 0 Å². The number of carbonyl (C=O) groups is 1. The van der Waals surface area contributed by atoms with E-state index in [-0.39, 0.29) is 5.69 Å². The van der Waals surface area contributed by atoms with Crippen LogP contribution in [0.2, 0.25) is 0 Å². The Bertz CT molecular complexity index is 496. The molecule has 2 heterocycles. The fourth-order valence-electron chi connectivity index (χ4n) is 1.12. The highest BCUT2D eigenvalue weighted by atomic mass is 32.1. The van der Waals surface area contributed by atoms with Crippen molar-refractivity contribution in [2.75, 3.05) is 0 Å². The second kappa shape index (κ2) is 3.74. The van der Waals surface area contributed by atoms with Gasteiger partial charge in [-0.25, -0.2) is 19.7 Å². The van der Waals surface area contributed by atoms with E-state index < -0.39 is 5.97 Å². The van der Waals surface area contributed by atoms with Gasteiger partial charge in [-0.15, -0.1) is 11.3 Å². The van der Waals surface area contributed by atoms with Crippen molar-refractivity contribution in [3.8, 4) is 11.5 Å². The summed E-state index contributed by atoms with van der Waals surface area (Å²) in [7, 11) is 0. The Hall–Kier alpha value is -1.82. The highest BCUT2D eigenvalue weighted by Crippen LogP contribution is 2.15. The second-order valence-corrected chi connectivity index (χ2v) is 3.62. The molecule has 5 nitrogen and oxygen atoms in total. The lowest BCUT2D eigenvalue weighted by Gasteiger charge is -1.99. The summed E-state index contributed by atoms with van der Waals surface area (Å²) in [6.45, 7) is 1.73. The molecule has 0 bridgehead atoms. The van der Waals surface area contributed by atoms with Gasteiger partial charge in [0, 0.05) is 11.1 Å². The van der Waals surface area contributed by atoms with Crippen molar-refractivity contribution in [3.05, 3.63) is 28.3 Å². The topological polar surface area (TPSA) is 76.0 Å². The van der Waals surface area contributed by atoms with Gasteiger partial charge in [0.2, 0.25) is 0 Å². The highest BCUT2D eigenvalue weighted by molar-refractivity contribution is 7.07. The third-order valence-electron chi connectivity index (χ3n) is 1.73. The Morgan fingerprint density at radius 3 is 2.87 bits per heavy atom. The van der Waals surface area contributed by atoms with Crippen molar-refractivity contribution < 1.29 is 9.90 Å². The molecule has 0 saturated carbocycles. The summed E-state index contributed by atoms with van der Waals surface area (Å²) in [4.78, 5) is 22.8. The molecule has 0 aliphatic carbocycles. The third kappa shape index (κ3) is 1.99. The number of carboxylic acids is 1. The number of thiazole rings is 1. The van der Waals surface area contributed by atoms with Gasteiger partial charge in [-0.1, -0.05) is 0 Å². The number of aryl methyl sites for hydroxylation is 1. The second-order valence-electron chi connectivity index (χ2n) is 2.90. The van der Waals surface area contributed by atoms with E-state index in [2.05, 4.69) is 15.0 Å². The molecule has 0 saturated heterocycles. The average molecular weight is 221 g/mol. The number of hydrogen-bond acceptors (Lipinski definition) is 5. The molecular formula is C9H7N3O2S. The van der Waals surface area contributed by atoms with Gasteiger partial charge in [0.15, 0.2) is 11.5 Å². The molecule has 0 aromatic carbocycles. The van der Waals surface area contributed by atoms with Gasteiger partial charge in [0.25, 0.3) is 0 Å². The predicted molar refractivity (Wildman–Crippen MR) is 54.8 cm³/mol. The molecule has 0 fully saturated rings. The monoisotopic (exact) mass is 221 g/mol. The van der Waals surface area contributed by atoms with Crippen LogP contribution in [0.15, 0.2) is 17.0 Å². The molecule has 0 unspecified atom stereocenters. The summed E-state index contributed by atoms with van der Waals surface area (Å²) < 4.78 is 0. The summed E-state index contributed by atoms with van der Waals surface area (Å²) in [6, 6.07) is 1.43. The Balaban J connectivity index is 2.54. The molecule has 6 heteroatoms. The fraction of sp³-hybridized carbons (Fsp3) is 0.111. The molecule has 2 aromatic rings. The molecule has 2 rings (SSSR count). The van der Waals surface area contributed by atoms with Gasteiger partial charge in [-0.05, 0) is 13.0 Å². The van der Waals surface area contributed by atoms with Crippen molar-refractivity contribution in [3.63, 3.8) is 0 Å². The Morgan fingerprint density at radius 1 is 1.47 bits per heavy atom. The lowest BCUT2D eigenvalue weighted by atomic mass is 10.3. The van der Waals surface area contributed by atoms with Gasteiger partial charge < -0.3 is 5.11 Å². The molecule has 0 radical (unpaired) electrons. The van der Waals surface area contributed by atoms with E-state index in [1.165, 1.54) is 17.4 Å². The Labute approximate surface area is 89.5 Å². The summed E-state index contributed by atoms with van der Waals surface area (Å²) in [5.74, 6) is -0.703. The maximum absolute atomic E-state index is 10.8. The minimum absolute atomic E-state index is 0.00880. The van der Waals surface area contributed by atoms with Crippen LogP contribution in [0, 0.1) is 6.92 Å². The van der Waals surface area contributed by atoms with Crippen LogP contribution in [0.1, 0.15) is 16.2 Å². The zero-order valence-electron chi connectivity index (χ0n) is 7.84. The zero-order valence-corrected chi connectivity index (χ0v) is 8.65. The van der Waals surface area contributed by atoms with Gasteiger partial charge in [0.05, 0.1) is 5.51 Å². The molecule has 15 heavy (non-hydrogen) atoms. The van der Waals surface area contributed by atoms with Crippen LogP contribution in [-0.4, -0.2) is 26.0 Å². The van der Waals surface area contributed by atoms with E-state index in [0.717, 1.165) is 0 Å². The zero-order chi connectivity index (χ0) is 10.8. The van der Waals surface area contributed by atoms with Crippen molar-refractivity contribution in [1.82, 2.24) is 15.0 Å². The van der Waals surface area contributed by atoms with Crippen LogP contribution in [0.4, 0.5) is 0 Å². The minimum atomic E-state index is -1.06. The van der Waals surface area contributed by atoms with Gasteiger partial charge in [0.1, 0.15) is 5.69 Å².